The fraction of sp³-hybridized carbons (Fsp3) is 0.333. The maximum Gasteiger partial charge on any atom is 0.191 e. The number of hydrogen-bond donors (Lipinski definition) is 2. The Labute approximate surface area is 149 Å². The van der Waals surface area contributed by atoms with Crippen molar-refractivity contribution in [3.05, 3.63) is 60.4 Å². The molecule has 134 valence electrons. The fourth-order valence-electron chi connectivity index (χ4n) is 2.22. The number of aliphatic imine (C=N–C) groups is 1. The molecule has 0 radical (unpaired) electrons. The van der Waals surface area contributed by atoms with Crippen molar-refractivity contribution in [2.45, 2.75) is 18.2 Å². The highest BCUT2D eigenvalue weighted by Crippen LogP contribution is 2.09. The standard InChI is InChI=1S/C18H24N4O2S/c1-2-19-18(21-13-11-16-8-6-7-12-20-16)22-14-15-25(23,24)17-9-4-3-5-10-17/h3-10,12H,2,11,13-15H2,1H3,(H2,19,21,22). The van der Waals surface area contributed by atoms with E-state index < -0.39 is 9.84 Å². The lowest BCUT2D eigenvalue weighted by atomic mass is 10.3. The Kier molecular flexibility index (Phi) is 7.40. The van der Waals surface area contributed by atoms with Crippen LogP contribution >= 0.6 is 0 Å². The quantitative estimate of drug-likeness (QED) is 0.552. The average Bonchev–Trinajstić information content (AvgIpc) is 2.63. The van der Waals surface area contributed by atoms with Gasteiger partial charge < -0.3 is 10.6 Å². The maximum atomic E-state index is 12.3. The highest BCUT2D eigenvalue weighted by molar-refractivity contribution is 7.91. The monoisotopic (exact) mass is 360 g/mol. The summed E-state index contributed by atoms with van der Waals surface area (Å²) in [7, 11) is -3.31. The van der Waals surface area contributed by atoms with Crippen LogP contribution in [0.25, 0.3) is 0 Å². The summed E-state index contributed by atoms with van der Waals surface area (Å²) in [5.41, 5.74) is 0.998. The van der Waals surface area contributed by atoms with Crippen LogP contribution in [0.4, 0.5) is 0 Å². The predicted molar refractivity (Wildman–Crippen MR) is 100 cm³/mol. The van der Waals surface area contributed by atoms with E-state index in [9.17, 15) is 8.42 Å². The van der Waals surface area contributed by atoms with Crippen molar-refractivity contribution in [1.29, 1.82) is 0 Å². The lowest BCUT2D eigenvalue weighted by Crippen LogP contribution is -2.38. The first-order chi connectivity index (χ1) is 12.1. The van der Waals surface area contributed by atoms with Crippen molar-refractivity contribution in [3.63, 3.8) is 0 Å². The molecule has 0 unspecified atom stereocenters. The summed E-state index contributed by atoms with van der Waals surface area (Å²) in [5.74, 6) is 0.593. The van der Waals surface area contributed by atoms with Gasteiger partial charge in [-0.15, -0.1) is 0 Å². The van der Waals surface area contributed by atoms with Crippen LogP contribution in [0.3, 0.4) is 0 Å². The highest BCUT2D eigenvalue weighted by Gasteiger charge is 2.13. The van der Waals surface area contributed by atoms with Crippen molar-refractivity contribution in [2.75, 3.05) is 25.4 Å². The zero-order valence-electron chi connectivity index (χ0n) is 14.4. The summed E-state index contributed by atoms with van der Waals surface area (Å²) >= 11 is 0. The molecule has 1 aromatic carbocycles. The first-order valence-electron chi connectivity index (χ1n) is 8.31. The molecule has 0 amide bonds. The molecule has 0 aliphatic heterocycles. The summed E-state index contributed by atoms with van der Waals surface area (Å²) in [6, 6.07) is 14.3. The topological polar surface area (TPSA) is 83.5 Å². The second-order valence-electron chi connectivity index (χ2n) is 5.39. The molecule has 0 fully saturated rings. The van der Waals surface area contributed by atoms with Gasteiger partial charge in [-0.1, -0.05) is 24.3 Å². The average molecular weight is 360 g/mol. The normalized spacial score (nSPS) is 12.0. The third kappa shape index (κ3) is 6.54. The largest absolute Gasteiger partial charge is 0.357 e. The molecule has 0 aliphatic carbocycles. The number of pyridine rings is 1. The van der Waals surface area contributed by atoms with E-state index in [0.29, 0.717) is 23.9 Å². The summed E-state index contributed by atoms with van der Waals surface area (Å²) in [4.78, 5) is 8.95. The van der Waals surface area contributed by atoms with Gasteiger partial charge in [-0.2, -0.15) is 0 Å². The van der Waals surface area contributed by atoms with Gasteiger partial charge in [0.1, 0.15) is 0 Å². The molecule has 7 heteroatoms. The Balaban J connectivity index is 1.86. The molecule has 0 saturated heterocycles. The molecular weight excluding hydrogens is 336 g/mol. The van der Waals surface area contributed by atoms with Gasteiger partial charge in [-0.25, -0.2) is 8.42 Å². The maximum absolute atomic E-state index is 12.3. The van der Waals surface area contributed by atoms with E-state index in [4.69, 9.17) is 0 Å². The molecule has 2 rings (SSSR count). The third-order valence-corrected chi connectivity index (χ3v) is 5.19. The molecule has 2 N–H and O–H groups in total. The number of benzene rings is 1. The minimum atomic E-state index is -3.31. The van der Waals surface area contributed by atoms with Crippen molar-refractivity contribution in [3.8, 4) is 0 Å². The van der Waals surface area contributed by atoms with Gasteiger partial charge in [0.15, 0.2) is 15.8 Å². The van der Waals surface area contributed by atoms with Crippen LogP contribution < -0.4 is 10.6 Å². The van der Waals surface area contributed by atoms with Crippen LogP contribution in [0.2, 0.25) is 0 Å². The van der Waals surface area contributed by atoms with Crippen molar-refractivity contribution >= 4 is 15.8 Å². The van der Waals surface area contributed by atoms with Crippen molar-refractivity contribution in [2.24, 2.45) is 4.99 Å². The summed E-state index contributed by atoms with van der Waals surface area (Å²) in [6.45, 7) is 3.56. The molecule has 1 heterocycles. The van der Waals surface area contributed by atoms with Gasteiger partial charge in [-0.3, -0.25) is 9.98 Å². The number of rotatable bonds is 8. The molecule has 6 nitrogen and oxygen atoms in total. The zero-order valence-corrected chi connectivity index (χ0v) is 15.2. The van der Waals surface area contributed by atoms with E-state index >= 15 is 0 Å². The molecule has 2 aromatic rings. The number of hydrogen-bond acceptors (Lipinski definition) is 4. The second kappa shape index (κ2) is 9.78. The van der Waals surface area contributed by atoms with Crippen LogP contribution in [0, 0.1) is 0 Å². The summed E-state index contributed by atoms with van der Waals surface area (Å²) in [6.07, 6.45) is 2.54. The van der Waals surface area contributed by atoms with E-state index in [1.807, 2.05) is 25.1 Å². The number of guanidine groups is 1. The number of nitrogens with zero attached hydrogens (tertiary/aromatic N) is 2. The highest BCUT2D eigenvalue weighted by atomic mass is 32.2. The van der Waals surface area contributed by atoms with Crippen LogP contribution in [0.1, 0.15) is 12.6 Å². The van der Waals surface area contributed by atoms with Gasteiger partial charge in [-0.05, 0) is 31.2 Å². The van der Waals surface area contributed by atoms with Crippen molar-refractivity contribution < 1.29 is 8.42 Å². The minimum absolute atomic E-state index is 0.0200. The molecule has 0 spiro atoms. The Morgan fingerprint density at radius 3 is 2.52 bits per heavy atom. The van der Waals surface area contributed by atoms with E-state index in [2.05, 4.69) is 20.6 Å². The Morgan fingerprint density at radius 2 is 1.84 bits per heavy atom. The van der Waals surface area contributed by atoms with Crippen LogP contribution in [0.15, 0.2) is 64.6 Å². The lowest BCUT2D eigenvalue weighted by molar-refractivity contribution is 0.596. The predicted octanol–water partition coefficient (Wildman–Crippen LogP) is 1.65. The number of sulfone groups is 1. The summed E-state index contributed by atoms with van der Waals surface area (Å²) in [5, 5.41) is 6.32. The molecule has 0 bridgehead atoms. The molecular formula is C18H24N4O2S. The fourth-order valence-corrected chi connectivity index (χ4v) is 3.36. The first-order valence-corrected chi connectivity index (χ1v) is 9.97. The molecule has 25 heavy (non-hydrogen) atoms. The second-order valence-corrected chi connectivity index (χ2v) is 7.50. The van der Waals surface area contributed by atoms with E-state index in [1.54, 1.807) is 36.5 Å². The van der Waals surface area contributed by atoms with Gasteiger partial charge >= 0.3 is 0 Å². The van der Waals surface area contributed by atoms with Crippen molar-refractivity contribution in [1.82, 2.24) is 15.6 Å². The van der Waals surface area contributed by atoms with Gasteiger partial charge in [0.25, 0.3) is 0 Å². The smallest absolute Gasteiger partial charge is 0.191 e. The third-order valence-electron chi connectivity index (χ3n) is 3.48. The Hall–Kier alpha value is -2.41. The Bertz CT molecular complexity index is 762. The lowest BCUT2D eigenvalue weighted by Gasteiger charge is -2.11. The minimum Gasteiger partial charge on any atom is -0.357 e. The van der Waals surface area contributed by atoms with E-state index in [0.717, 1.165) is 12.1 Å². The van der Waals surface area contributed by atoms with E-state index in [1.165, 1.54) is 0 Å². The van der Waals surface area contributed by atoms with Crippen LogP contribution in [0.5, 0.6) is 0 Å². The summed E-state index contributed by atoms with van der Waals surface area (Å²) < 4.78 is 24.5. The van der Waals surface area contributed by atoms with Gasteiger partial charge in [0.05, 0.1) is 17.2 Å². The van der Waals surface area contributed by atoms with Gasteiger partial charge in [0, 0.05) is 31.4 Å². The molecule has 0 aliphatic rings. The zero-order chi connectivity index (χ0) is 18.0. The molecule has 0 atom stereocenters. The Morgan fingerprint density at radius 1 is 1.08 bits per heavy atom. The number of nitrogens with one attached hydrogen (secondary N) is 2. The van der Waals surface area contributed by atoms with E-state index in [-0.39, 0.29) is 12.3 Å². The number of aromatic nitrogens is 1. The first kappa shape index (κ1) is 18.9. The van der Waals surface area contributed by atoms with Crippen LogP contribution in [-0.4, -0.2) is 44.7 Å². The molecule has 0 saturated carbocycles. The van der Waals surface area contributed by atoms with Crippen LogP contribution in [-0.2, 0) is 16.3 Å². The molecule has 1 aromatic heterocycles. The SMILES string of the molecule is CCNC(=NCCS(=O)(=O)c1ccccc1)NCCc1ccccn1. The van der Waals surface area contributed by atoms with Gasteiger partial charge in [0.2, 0.25) is 0 Å².